The van der Waals surface area contributed by atoms with Crippen LogP contribution in [0.3, 0.4) is 0 Å². The van der Waals surface area contributed by atoms with Crippen molar-refractivity contribution in [1.82, 2.24) is 4.13 Å². The summed E-state index contributed by atoms with van der Waals surface area (Å²) in [4.78, 5) is 0.234. The van der Waals surface area contributed by atoms with Crippen LogP contribution in [0.15, 0.2) is 29.2 Å². The largest absolute Gasteiger partial charge is 0.249 e. The van der Waals surface area contributed by atoms with Crippen LogP contribution in [0.5, 0.6) is 0 Å². The Bertz CT molecular complexity index is 373. The van der Waals surface area contributed by atoms with Crippen LogP contribution in [0.2, 0.25) is 0 Å². The average Bonchev–Trinajstić information content (AvgIpc) is 2.05. The summed E-state index contributed by atoms with van der Waals surface area (Å²) in [6.07, 6.45) is 0. The first-order valence-electron chi connectivity index (χ1n) is 3.29. The maximum atomic E-state index is 11.2. The Labute approximate surface area is 77.4 Å². The van der Waals surface area contributed by atoms with Gasteiger partial charge in [0, 0.05) is 0 Å². The van der Waals surface area contributed by atoms with Crippen molar-refractivity contribution in [3.63, 3.8) is 0 Å². The van der Waals surface area contributed by atoms with E-state index >= 15 is 0 Å². The lowest BCUT2D eigenvalue weighted by Crippen LogP contribution is -2.13. The van der Waals surface area contributed by atoms with Crippen LogP contribution < -0.4 is 4.13 Å². The minimum atomic E-state index is -3.41. The average molecular weight is 203 g/mol. The van der Waals surface area contributed by atoms with Crippen molar-refractivity contribution in [2.24, 2.45) is 0 Å². The maximum Gasteiger partial charge on any atom is 0.249 e. The summed E-state index contributed by atoms with van der Waals surface area (Å²) in [6.45, 7) is 1.83. The van der Waals surface area contributed by atoms with Gasteiger partial charge in [0.15, 0.2) is 0 Å². The molecule has 12 heavy (non-hydrogen) atoms. The number of hydrogen-bond donors (Lipinski definition) is 2. The molecular formula is C7H9NO2S2. The fourth-order valence-corrected chi connectivity index (χ4v) is 1.86. The third-order valence-electron chi connectivity index (χ3n) is 1.42. The van der Waals surface area contributed by atoms with Gasteiger partial charge in [-0.2, -0.15) is 4.13 Å². The molecule has 0 amide bonds. The van der Waals surface area contributed by atoms with Crippen LogP contribution in [0.4, 0.5) is 0 Å². The van der Waals surface area contributed by atoms with E-state index in [1.165, 1.54) is 6.07 Å². The van der Waals surface area contributed by atoms with Crippen LogP contribution in [0.1, 0.15) is 5.56 Å². The Kier molecular flexibility index (Phi) is 2.76. The van der Waals surface area contributed by atoms with Crippen molar-refractivity contribution >= 4 is 22.8 Å². The summed E-state index contributed by atoms with van der Waals surface area (Å²) in [5, 5.41) is 0. The van der Waals surface area contributed by atoms with Crippen molar-refractivity contribution in [3.05, 3.63) is 29.8 Å². The summed E-state index contributed by atoms with van der Waals surface area (Å²) in [6, 6.07) is 6.62. The van der Waals surface area contributed by atoms with Gasteiger partial charge in [0.05, 0.1) is 4.90 Å². The van der Waals surface area contributed by atoms with Gasteiger partial charge in [-0.25, -0.2) is 8.42 Å². The van der Waals surface area contributed by atoms with Crippen molar-refractivity contribution in [1.29, 1.82) is 0 Å². The van der Waals surface area contributed by atoms with E-state index in [0.717, 1.165) is 5.56 Å². The number of thiol groups is 1. The minimum Gasteiger partial charge on any atom is -0.206 e. The molecule has 0 aromatic heterocycles. The zero-order chi connectivity index (χ0) is 9.19. The van der Waals surface area contributed by atoms with Gasteiger partial charge >= 0.3 is 0 Å². The molecule has 0 unspecified atom stereocenters. The summed E-state index contributed by atoms with van der Waals surface area (Å²) in [5.74, 6) is 0. The normalized spacial score (nSPS) is 11.5. The van der Waals surface area contributed by atoms with Gasteiger partial charge in [0.2, 0.25) is 10.0 Å². The monoisotopic (exact) mass is 203 g/mol. The zero-order valence-electron chi connectivity index (χ0n) is 6.48. The number of nitrogens with one attached hydrogen (secondary N) is 1. The van der Waals surface area contributed by atoms with Gasteiger partial charge in [-0.1, -0.05) is 24.9 Å². The molecule has 0 saturated heterocycles. The van der Waals surface area contributed by atoms with E-state index in [9.17, 15) is 8.42 Å². The molecule has 0 fully saturated rings. The lowest BCUT2D eigenvalue weighted by atomic mass is 10.2. The van der Waals surface area contributed by atoms with Gasteiger partial charge in [0.25, 0.3) is 0 Å². The Balaban J connectivity index is 3.21. The predicted octanol–water partition coefficient (Wildman–Crippen LogP) is 1.12. The summed E-state index contributed by atoms with van der Waals surface area (Å²) in [7, 11) is -3.41. The second-order valence-electron chi connectivity index (χ2n) is 2.41. The quantitative estimate of drug-likeness (QED) is 0.707. The van der Waals surface area contributed by atoms with E-state index in [-0.39, 0.29) is 4.90 Å². The van der Waals surface area contributed by atoms with Crippen LogP contribution >= 0.6 is 12.8 Å². The molecule has 0 bridgehead atoms. The second-order valence-corrected chi connectivity index (χ2v) is 4.62. The van der Waals surface area contributed by atoms with E-state index in [0.29, 0.717) is 0 Å². The molecule has 0 atom stereocenters. The zero-order valence-corrected chi connectivity index (χ0v) is 8.19. The van der Waals surface area contributed by atoms with Crippen molar-refractivity contribution in [2.75, 3.05) is 0 Å². The van der Waals surface area contributed by atoms with Crippen LogP contribution in [0.25, 0.3) is 0 Å². The molecule has 1 N–H and O–H groups in total. The molecule has 0 aliphatic rings. The molecular weight excluding hydrogens is 194 g/mol. The summed E-state index contributed by atoms with van der Waals surface area (Å²) >= 11 is 3.51. The van der Waals surface area contributed by atoms with Crippen LogP contribution in [0, 0.1) is 6.92 Å². The predicted molar refractivity (Wildman–Crippen MR) is 50.5 cm³/mol. The Hall–Kier alpha value is -0.520. The molecule has 66 valence electrons. The van der Waals surface area contributed by atoms with Gasteiger partial charge in [0.1, 0.15) is 0 Å². The molecule has 0 heterocycles. The lowest BCUT2D eigenvalue weighted by molar-refractivity contribution is 0.594. The fourth-order valence-electron chi connectivity index (χ4n) is 0.835. The van der Waals surface area contributed by atoms with E-state index in [4.69, 9.17) is 0 Å². The van der Waals surface area contributed by atoms with Crippen LogP contribution in [-0.4, -0.2) is 8.42 Å². The number of sulfonamides is 1. The molecule has 0 saturated carbocycles. The number of benzene rings is 1. The highest BCUT2D eigenvalue weighted by molar-refractivity contribution is 8.00. The molecule has 5 heteroatoms. The molecule has 0 aliphatic carbocycles. The third kappa shape index (κ3) is 2.00. The Morgan fingerprint density at radius 2 is 2.08 bits per heavy atom. The van der Waals surface area contributed by atoms with E-state index in [2.05, 4.69) is 12.8 Å². The highest BCUT2D eigenvalue weighted by Gasteiger charge is 2.10. The highest BCUT2D eigenvalue weighted by Crippen LogP contribution is 2.10. The molecule has 0 radical (unpaired) electrons. The Morgan fingerprint density at radius 3 is 2.58 bits per heavy atom. The van der Waals surface area contributed by atoms with E-state index in [1.807, 2.05) is 17.1 Å². The molecule has 1 aromatic carbocycles. The second kappa shape index (κ2) is 3.47. The van der Waals surface area contributed by atoms with Crippen molar-refractivity contribution in [3.8, 4) is 0 Å². The standard InChI is InChI=1S/C7H9NO2S2/c1-6-3-2-4-7(5-6)12(9,10)8-11/h2-5,8,11H,1H3. The van der Waals surface area contributed by atoms with Gasteiger partial charge in [-0.3, -0.25) is 0 Å². The highest BCUT2D eigenvalue weighted by atomic mass is 32.3. The third-order valence-corrected chi connectivity index (χ3v) is 3.26. The van der Waals surface area contributed by atoms with Gasteiger partial charge in [-0.15, -0.1) is 0 Å². The van der Waals surface area contributed by atoms with Gasteiger partial charge in [-0.05, 0) is 24.6 Å². The lowest BCUT2D eigenvalue weighted by Gasteiger charge is -2.01. The summed E-state index contributed by atoms with van der Waals surface area (Å²) in [5.41, 5.74) is 0.902. The van der Waals surface area contributed by atoms with Crippen molar-refractivity contribution in [2.45, 2.75) is 11.8 Å². The first-order valence-corrected chi connectivity index (χ1v) is 5.22. The van der Waals surface area contributed by atoms with E-state index < -0.39 is 10.0 Å². The topological polar surface area (TPSA) is 46.2 Å². The number of rotatable bonds is 2. The van der Waals surface area contributed by atoms with Crippen molar-refractivity contribution < 1.29 is 8.42 Å². The molecule has 0 spiro atoms. The Morgan fingerprint density at radius 1 is 1.42 bits per heavy atom. The molecule has 1 rings (SSSR count). The smallest absolute Gasteiger partial charge is 0.206 e. The fraction of sp³-hybridized carbons (Fsp3) is 0.143. The molecule has 3 nitrogen and oxygen atoms in total. The summed E-state index contributed by atoms with van der Waals surface area (Å²) < 4.78 is 24.3. The minimum absolute atomic E-state index is 0.234. The van der Waals surface area contributed by atoms with Gasteiger partial charge < -0.3 is 0 Å². The maximum absolute atomic E-state index is 11.2. The van der Waals surface area contributed by atoms with Crippen LogP contribution in [-0.2, 0) is 10.0 Å². The number of aryl methyl sites for hydroxylation is 1. The SMILES string of the molecule is Cc1cccc(S(=O)(=O)NS)c1. The first kappa shape index (κ1) is 9.57. The molecule has 1 aromatic rings. The molecule has 0 aliphatic heterocycles. The first-order chi connectivity index (χ1) is 5.56. The number of hydrogen-bond acceptors (Lipinski definition) is 3. The van der Waals surface area contributed by atoms with E-state index in [1.54, 1.807) is 12.1 Å².